The van der Waals surface area contributed by atoms with Crippen LogP contribution in [0.4, 0.5) is 13.2 Å². The SMILES string of the molecule is Cc1ccc2c(c1)-n1nncc1Cc1c(C#Cc3ccc(C(F)(F)F)cc3)ncn1-2. The fourth-order valence-electron chi connectivity index (χ4n) is 3.49. The van der Waals surface area contributed by atoms with Gasteiger partial charge in [0.15, 0.2) is 0 Å². The third kappa shape index (κ3) is 3.05. The number of nitrogens with zero attached hydrogens (tertiary/aromatic N) is 5. The van der Waals surface area contributed by atoms with Crippen LogP contribution in [0.15, 0.2) is 55.0 Å². The zero-order valence-electron chi connectivity index (χ0n) is 15.8. The molecule has 1 aliphatic rings. The maximum atomic E-state index is 12.7. The van der Waals surface area contributed by atoms with Crippen molar-refractivity contribution >= 4 is 0 Å². The molecular weight excluding hydrogens is 391 g/mol. The van der Waals surface area contributed by atoms with Crippen LogP contribution < -0.4 is 0 Å². The summed E-state index contributed by atoms with van der Waals surface area (Å²) in [5, 5.41) is 8.26. The zero-order chi connectivity index (χ0) is 20.9. The van der Waals surface area contributed by atoms with E-state index in [4.69, 9.17) is 0 Å². The van der Waals surface area contributed by atoms with Crippen LogP contribution in [0.2, 0.25) is 0 Å². The lowest BCUT2D eigenvalue weighted by atomic mass is 10.1. The van der Waals surface area contributed by atoms with Crippen molar-refractivity contribution in [2.75, 3.05) is 0 Å². The van der Waals surface area contributed by atoms with Gasteiger partial charge in [-0.2, -0.15) is 13.2 Å². The molecule has 148 valence electrons. The molecule has 0 saturated heterocycles. The van der Waals surface area contributed by atoms with Crippen LogP contribution in [0.3, 0.4) is 0 Å². The van der Waals surface area contributed by atoms with Gasteiger partial charge in [0.25, 0.3) is 0 Å². The lowest BCUT2D eigenvalue weighted by molar-refractivity contribution is -0.137. The summed E-state index contributed by atoms with van der Waals surface area (Å²) in [7, 11) is 0. The molecule has 5 nitrogen and oxygen atoms in total. The van der Waals surface area contributed by atoms with E-state index in [0.717, 1.165) is 40.5 Å². The van der Waals surface area contributed by atoms with E-state index in [2.05, 4.69) is 27.1 Å². The van der Waals surface area contributed by atoms with Crippen molar-refractivity contribution in [2.24, 2.45) is 0 Å². The van der Waals surface area contributed by atoms with Gasteiger partial charge in [0.2, 0.25) is 0 Å². The number of imidazole rings is 1. The van der Waals surface area contributed by atoms with E-state index >= 15 is 0 Å². The molecule has 5 rings (SSSR count). The maximum absolute atomic E-state index is 12.7. The summed E-state index contributed by atoms with van der Waals surface area (Å²) in [5.41, 5.74) is 5.05. The first-order chi connectivity index (χ1) is 14.4. The molecular formula is C22H14F3N5. The molecule has 0 radical (unpaired) electrons. The summed E-state index contributed by atoms with van der Waals surface area (Å²) in [5.74, 6) is 5.92. The lowest BCUT2D eigenvalue weighted by Gasteiger charge is -2.10. The molecule has 8 heteroatoms. The molecule has 0 atom stereocenters. The second kappa shape index (κ2) is 6.59. The molecule has 0 amide bonds. The Balaban J connectivity index is 1.57. The largest absolute Gasteiger partial charge is 0.416 e. The van der Waals surface area contributed by atoms with E-state index in [1.165, 1.54) is 12.1 Å². The zero-order valence-corrected chi connectivity index (χ0v) is 15.8. The van der Waals surface area contributed by atoms with Gasteiger partial charge >= 0.3 is 6.18 Å². The quantitative estimate of drug-likeness (QED) is 0.365. The van der Waals surface area contributed by atoms with Crippen LogP contribution in [0.1, 0.15) is 33.8 Å². The lowest BCUT2D eigenvalue weighted by Crippen LogP contribution is -2.04. The molecule has 30 heavy (non-hydrogen) atoms. The second-order valence-electron chi connectivity index (χ2n) is 7.04. The normalized spacial score (nSPS) is 12.3. The Kier molecular flexibility index (Phi) is 4.00. The van der Waals surface area contributed by atoms with Crippen molar-refractivity contribution < 1.29 is 13.2 Å². The van der Waals surface area contributed by atoms with Gasteiger partial charge in [-0.15, -0.1) is 5.10 Å². The third-order valence-electron chi connectivity index (χ3n) is 4.99. The highest BCUT2D eigenvalue weighted by atomic mass is 19.4. The van der Waals surface area contributed by atoms with Crippen molar-refractivity contribution in [3.8, 4) is 23.2 Å². The summed E-state index contributed by atoms with van der Waals surface area (Å²) < 4.78 is 42.0. The average Bonchev–Trinajstić information content (AvgIpc) is 3.31. The highest BCUT2D eigenvalue weighted by Gasteiger charge is 2.29. The number of hydrogen-bond acceptors (Lipinski definition) is 3. The Labute approximate surface area is 169 Å². The van der Waals surface area contributed by atoms with Crippen LogP contribution in [-0.2, 0) is 12.6 Å². The minimum Gasteiger partial charge on any atom is -0.299 e. The van der Waals surface area contributed by atoms with Crippen molar-refractivity contribution in [2.45, 2.75) is 19.5 Å². The summed E-state index contributed by atoms with van der Waals surface area (Å²) in [6.07, 6.45) is -0.421. The van der Waals surface area contributed by atoms with Crippen LogP contribution in [0.25, 0.3) is 11.4 Å². The highest BCUT2D eigenvalue weighted by Crippen LogP contribution is 2.30. The number of fused-ring (bicyclic) bond motifs is 5. The number of halogens is 3. The summed E-state index contributed by atoms with van der Waals surface area (Å²) in [6.45, 7) is 2.01. The summed E-state index contributed by atoms with van der Waals surface area (Å²) >= 11 is 0. The van der Waals surface area contributed by atoms with E-state index in [1.54, 1.807) is 12.5 Å². The van der Waals surface area contributed by atoms with Crippen LogP contribution in [0, 0.1) is 18.8 Å². The van der Waals surface area contributed by atoms with Crippen LogP contribution in [0.5, 0.6) is 0 Å². The van der Waals surface area contributed by atoms with Crippen molar-refractivity contribution in [1.29, 1.82) is 0 Å². The summed E-state index contributed by atoms with van der Waals surface area (Å²) in [6, 6.07) is 10.8. The topological polar surface area (TPSA) is 48.5 Å². The number of rotatable bonds is 0. The minimum atomic E-state index is -4.37. The molecule has 0 unspecified atom stereocenters. The molecule has 2 aromatic carbocycles. The molecule has 0 aliphatic carbocycles. The number of alkyl halides is 3. The standard InChI is InChI=1S/C22H14F3N5/c1-14-2-9-19-21(10-14)30-17(12-27-28-30)11-20-18(26-13-29(19)20)8-5-15-3-6-16(7-4-15)22(23,24)25/h2-4,6-7,9-10,12-13H,11H2,1H3. The van der Waals surface area contributed by atoms with E-state index in [-0.39, 0.29) is 0 Å². The van der Waals surface area contributed by atoms with Gasteiger partial charge in [-0.25, -0.2) is 9.67 Å². The van der Waals surface area contributed by atoms with E-state index in [1.807, 2.05) is 34.4 Å². The molecule has 2 aromatic heterocycles. The first-order valence-electron chi connectivity index (χ1n) is 9.16. The molecule has 0 N–H and O–H groups in total. The average molecular weight is 405 g/mol. The monoisotopic (exact) mass is 405 g/mol. The number of benzene rings is 2. The first-order valence-corrected chi connectivity index (χ1v) is 9.16. The van der Waals surface area contributed by atoms with Crippen molar-refractivity contribution in [1.82, 2.24) is 24.5 Å². The molecule has 0 fully saturated rings. The van der Waals surface area contributed by atoms with Gasteiger partial charge < -0.3 is 0 Å². The van der Waals surface area contributed by atoms with Crippen LogP contribution >= 0.6 is 0 Å². The molecule has 0 saturated carbocycles. The van der Waals surface area contributed by atoms with Crippen molar-refractivity contribution in [3.63, 3.8) is 0 Å². The molecule has 1 aliphatic heterocycles. The van der Waals surface area contributed by atoms with Gasteiger partial charge in [-0.3, -0.25) is 4.57 Å². The Morgan fingerprint density at radius 3 is 2.57 bits per heavy atom. The van der Waals surface area contributed by atoms with E-state index in [0.29, 0.717) is 17.7 Å². The Hall–Kier alpha value is -3.86. The predicted octanol–water partition coefficient (Wildman–Crippen LogP) is 4.08. The van der Waals surface area contributed by atoms with Crippen LogP contribution in [-0.4, -0.2) is 24.5 Å². The first kappa shape index (κ1) is 18.2. The number of hydrogen-bond donors (Lipinski definition) is 0. The molecule has 0 bridgehead atoms. The third-order valence-corrected chi connectivity index (χ3v) is 4.99. The number of aromatic nitrogens is 5. The maximum Gasteiger partial charge on any atom is 0.416 e. The fourth-order valence-corrected chi connectivity index (χ4v) is 3.49. The highest BCUT2D eigenvalue weighted by molar-refractivity contribution is 5.58. The van der Waals surface area contributed by atoms with Gasteiger partial charge in [-0.1, -0.05) is 17.2 Å². The summed E-state index contributed by atoms with van der Waals surface area (Å²) in [4.78, 5) is 4.45. The molecule has 4 aromatic rings. The molecule has 3 heterocycles. The Morgan fingerprint density at radius 2 is 1.80 bits per heavy atom. The van der Waals surface area contributed by atoms with Gasteiger partial charge in [-0.05, 0) is 54.8 Å². The second-order valence-corrected chi connectivity index (χ2v) is 7.04. The number of aryl methyl sites for hydroxylation is 1. The molecule has 0 spiro atoms. The van der Waals surface area contributed by atoms with Gasteiger partial charge in [0.1, 0.15) is 12.0 Å². The van der Waals surface area contributed by atoms with Gasteiger partial charge in [0.05, 0.1) is 34.5 Å². The Morgan fingerprint density at radius 1 is 1.00 bits per heavy atom. The van der Waals surface area contributed by atoms with Gasteiger partial charge in [0, 0.05) is 12.0 Å². The Bertz CT molecular complexity index is 1320. The fraction of sp³-hybridized carbons (Fsp3) is 0.136. The minimum absolute atomic E-state index is 0.487. The smallest absolute Gasteiger partial charge is 0.299 e. The van der Waals surface area contributed by atoms with E-state index in [9.17, 15) is 13.2 Å². The van der Waals surface area contributed by atoms with Crippen molar-refractivity contribution in [3.05, 3.63) is 88.8 Å². The van der Waals surface area contributed by atoms with E-state index < -0.39 is 11.7 Å². The predicted molar refractivity (Wildman–Crippen MR) is 103 cm³/mol.